The molecule has 0 spiro atoms. The Bertz CT molecular complexity index is 2160. The standard InChI is InChI=1S/C42H55N9O12S/c1-28-19-21-31(22-20-28)64(59,60)50-37(43)45-23-12-18-33(36(54)55)48-34(52)25-47-35(53)32(49-39(56)63-42(2,3)4)17-11-24-46-38(44)51(40(57)61-26-29-13-7-5-8-14-29)41(58)62-27-30-15-9-6-10-16-30/h5-10,13-16,19-22,32-33H,11-12,17-18,23-27H2,1-4H3,(H2,44,46)(H,47,53)(H,48,52)(H,49,56)(H,54,55)(H3,43,45,50)/t32-,33+/m1/s1. The highest BCUT2D eigenvalue weighted by atomic mass is 32.2. The minimum Gasteiger partial charge on any atom is -0.480 e. The molecule has 3 aromatic carbocycles. The number of sulfonamides is 1. The van der Waals surface area contributed by atoms with E-state index >= 15 is 0 Å². The Morgan fingerprint density at radius 3 is 1.78 bits per heavy atom. The van der Waals surface area contributed by atoms with Crippen LogP contribution in [0.15, 0.2) is 99.8 Å². The Morgan fingerprint density at radius 2 is 1.27 bits per heavy atom. The van der Waals surface area contributed by atoms with Crippen molar-refractivity contribution < 1.29 is 56.5 Å². The van der Waals surface area contributed by atoms with Gasteiger partial charge in [-0.05, 0) is 76.6 Å². The molecule has 3 aromatic rings. The van der Waals surface area contributed by atoms with E-state index in [9.17, 15) is 42.3 Å². The third-order valence-electron chi connectivity index (χ3n) is 8.50. The molecule has 0 unspecified atom stereocenters. The quantitative estimate of drug-likeness (QED) is 0.0371. The normalized spacial score (nSPS) is 12.8. The van der Waals surface area contributed by atoms with Gasteiger partial charge in [0.1, 0.15) is 30.9 Å². The average Bonchev–Trinajstić information content (AvgIpc) is 3.23. The average molecular weight is 910 g/mol. The Kier molecular flexibility index (Phi) is 20.0. The minimum atomic E-state index is -4.00. The van der Waals surface area contributed by atoms with Crippen LogP contribution in [0.3, 0.4) is 0 Å². The topological polar surface area (TPSA) is 313 Å². The van der Waals surface area contributed by atoms with Gasteiger partial charge in [-0.2, -0.15) is 0 Å². The molecule has 2 atom stereocenters. The van der Waals surface area contributed by atoms with Crippen molar-refractivity contribution in [2.45, 2.75) is 89.2 Å². The number of carboxylic acids is 1. The molecule has 64 heavy (non-hydrogen) atoms. The number of rotatable bonds is 20. The summed E-state index contributed by atoms with van der Waals surface area (Å²) in [4.78, 5) is 85.4. The Labute approximate surface area is 371 Å². The first-order valence-electron chi connectivity index (χ1n) is 19.9. The number of alkyl carbamates (subject to hydrolysis) is 1. The van der Waals surface area contributed by atoms with Crippen molar-refractivity contribution in [3.63, 3.8) is 0 Å². The van der Waals surface area contributed by atoms with E-state index in [1.165, 1.54) is 12.1 Å². The van der Waals surface area contributed by atoms with Gasteiger partial charge in [0.2, 0.25) is 23.7 Å². The van der Waals surface area contributed by atoms with Crippen molar-refractivity contribution in [3.05, 3.63) is 102 Å². The van der Waals surface area contributed by atoms with E-state index in [1.807, 2.05) is 0 Å². The van der Waals surface area contributed by atoms with Crippen molar-refractivity contribution in [3.8, 4) is 0 Å². The largest absolute Gasteiger partial charge is 0.480 e. The Morgan fingerprint density at radius 1 is 0.750 bits per heavy atom. The number of aliphatic carboxylic acids is 1. The van der Waals surface area contributed by atoms with Crippen molar-refractivity contribution in [1.82, 2.24) is 25.6 Å². The molecule has 0 radical (unpaired) electrons. The van der Waals surface area contributed by atoms with Crippen LogP contribution in [-0.2, 0) is 51.8 Å². The highest BCUT2D eigenvalue weighted by Crippen LogP contribution is 2.12. The number of carboxylic acid groups (broad SMARTS) is 1. The molecule has 0 aliphatic carbocycles. The number of nitrogens with one attached hydrogen (secondary N) is 4. The summed E-state index contributed by atoms with van der Waals surface area (Å²) in [5.74, 6) is -4.07. The SMILES string of the molecule is Cc1ccc(S(=O)(=O)NC(N)=NCCC[C@H](NC(=O)CNC(=O)[C@@H](CCCN=C(N)N(C(=O)OCc2ccccc2)C(=O)OCc2ccccc2)NC(=O)OC(C)(C)C)C(=O)O)cc1. The molecule has 0 aliphatic rings. The van der Waals surface area contributed by atoms with Gasteiger partial charge in [0.15, 0.2) is 0 Å². The van der Waals surface area contributed by atoms with E-state index in [4.69, 9.17) is 25.7 Å². The summed E-state index contributed by atoms with van der Waals surface area (Å²) in [6.07, 6.45) is -3.40. The fourth-order valence-corrected chi connectivity index (χ4v) is 6.29. The summed E-state index contributed by atoms with van der Waals surface area (Å²) in [6.45, 7) is 5.32. The summed E-state index contributed by atoms with van der Waals surface area (Å²) in [5, 5.41) is 16.8. The molecule has 0 aromatic heterocycles. The van der Waals surface area contributed by atoms with Crippen LogP contribution in [0.2, 0.25) is 0 Å². The molecule has 9 N–H and O–H groups in total. The Balaban J connectivity index is 1.60. The molecule has 346 valence electrons. The van der Waals surface area contributed by atoms with Crippen LogP contribution < -0.4 is 32.1 Å². The van der Waals surface area contributed by atoms with Crippen molar-refractivity contribution in [2.24, 2.45) is 21.5 Å². The molecule has 5 amide bonds. The van der Waals surface area contributed by atoms with Crippen molar-refractivity contribution in [1.29, 1.82) is 0 Å². The molecule has 22 heteroatoms. The number of nitrogens with two attached hydrogens (primary N) is 2. The third-order valence-corrected chi connectivity index (χ3v) is 9.87. The molecule has 0 aliphatic heterocycles. The van der Waals surface area contributed by atoms with Crippen molar-refractivity contribution >= 4 is 58.0 Å². The molecule has 0 saturated carbocycles. The van der Waals surface area contributed by atoms with Crippen LogP contribution in [0.25, 0.3) is 0 Å². The van der Waals surface area contributed by atoms with Gasteiger partial charge in [-0.1, -0.05) is 78.4 Å². The first-order valence-corrected chi connectivity index (χ1v) is 21.4. The summed E-state index contributed by atoms with van der Waals surface area (Å²) in [7, 11) is -4.00. The lowest BCUT2D eigenvalue weighted by Crippen LogP contribution is -2.51. The van der Waals surface area contributed by atoms with Crippen molar-refractivity contribution in [2.75, 3.05) is 19.6 Å². The zero-order valence-electron chi connectivity index (χ0n) is 35.9. The van der Waals surface area contributed by atoms with Crippen LogP contribution in [0.1, 0.15) is 63.1 Å². The zero-order valence-corrected chi connectivity index (χ0v) is 36.8. The summed E-state index contributed by atoms with van der Waals surface area (Å²) >= 11 is 0. The van der Waals surface area contributed by atoms with E-state index in [2.05, 4.69) is 30.7 Å². The van der Waals surface area contributed by atoms with Gasteiger partial charge in [0.25, 0.3) is 10.0 Å². The number of guanidine groups is 2. The fraction of sp³-hybridized carbons (Fsp3) is 0.381. The number of ether oxygens (including phenoxy) is 3. The lowest BCUT2D eigenvalue weighted by atomic mass is 10.1. The molecule has 0 bridgehead atoms. The molecular weight excluding hydrogens is 855 g/mol. The third kappa shape index (κ3) is 18.8. The van der Waals surface area contributed by atoms with Gasteiger partial charge < -0.3 is 46.7 Å². The lowest BCUT2D eigenvalue weighted by Gasteiger charge is -2.23. The minimum absolute atomic E-state index is 0.0267. The maximum Gasteiger partial charge on any atom is 0.426 e. The van der Waals surface area contributed by atoms with Crippen LogP contribution >= 0.6 is 0 Å². The second-order valence-corrected chi connectivity index (χ2v) is 16.7. The van der Waals surface area contributed by atoms with Gasteiger partial charge >= 0.3 is 24.2 Å². The molecule has 3 rings (SSSR count). The monoisotopic (exact) mass is 909 g/mol. The number of amides is 5. The van der Waals surface area contributed by atoms with Gasteiger partial charge in [0.05, 0.1) is 11.4 Å². The van der Waals surface area contributed by atoms with Gasteiger partial charge in [-0.15, -0.1) is 4.90 Å². The summed E-state index contributed by atoms with van der Waals surface area (Å²) in [5.41, 5.74) is 13.0. The van der Waals surface area contributed by atoms with Gasteiger partial charge in [-0.3, -0.25) is 19.6 Å². The molecule has 0 fully saturated rings. The maximum absolute atomic E-state index is 13.3. The van der Waals surface area contributed by atoms with Crippen LogP contribution in [0, 0.1) is 6.92 Å². The van der Waals surface area contributed by atoms with E-state index in [0.29, 0.717) is 16.0 Å². The van der Waals surface area contributed by atoms with Crippen LogP contribution in [0.5, 0.6) is 0 Å². The number of hydrogen-bond acceptors (Lipinski definition) is 13. The second-order valence-electron chi connectivity index (χ2n) is 15.0. The van der Waals surface area contributed by atoms with Crippen LogP contribution in [-0.4, -0.2) is 104 Å². The zero-order chi connectivity index (χ0) is 47.3. The lowest BCUT2D eigenvalue weighted by molar-refractivity contribution is -0.142. The number of carbonyl (C=O) groups is 6. The molecular formula is C42H55N9O12S. The number of aliphatic imine (C=N–C) groups is 2. The summed E-state index contributed by atoms with van der Waals surface area (Å²) in [6, 6.07) is 20.7. The molecule has 0 saturated heterocycles. The number of nitrogens with zero attached hydrogens (tertiary/aromatic N) is 3. The number of hydrogen-bond donors (Lipinski definition) is 7. The van der Waals surface area contributed by atoms with E-state index in [-0.39, 0.29) is 56.9 Å². The maximum atomic E-state index is 13.3. The first kappa shape index (κ1) is 51.1. The predicted molar refractivity (Wildman–Crippen MR) is 234 cm³/mol. The van der Waals surface area contributed by atoms with Crippen LogP contribution in [0.4, 0.5) is 14.4 Å². The highest BCUT2D eigenvalue weighted by Gasteiger charge is 2.30. The van der Waals surface area contributed by atoms with Gasteiger partial charge in [-0.25, -0.2) is 32.3 Å². The molecule has 0 heterocycles. The molecule has 21 nitrogen and oxygen atoms in total. The Hall–Kier alpha value is -7.23. The highest BCUT2D eigenvalue weighted by molar-refractivity contribution is 7.90. The first-order chi connectivity index (χ1) is 30.2. The number of carbonyl (C=O) groups excluding carboxylic acids is 5. The predicted octanol–water partition coefficient (Wildman–Crippen LogP) is 3.02. The van der Waals surface area contributed by atoms with Gasteiger partial charge in [0, 0.05) is 13.1 Å². The van der Waals surface area contributed by atoms with E-state index < -0.39 is 82.2 Å². The second kappa shape index (κ2) is 25.0. The number of aryl methyl sites for hydroxylation is 1. The summed E-state index contributed by atoms with van der Waals surface area (Å²) < 4.78 is 43.1. The number of benzene rings is 3. The van der Waals surface area contributed by atoms with E-state index in [0.717, 1.165) is 5.56 Å². The number of imide groups is 1. The van der Waals surface area contributed by atoms with E-state index in [1.54, 1.807) is 100 Å². The fourth-order valence-electron chi connectivity index (χ4n) is 5.34. The smallest absolute Gasteiger partial charge is 0.426 e.